The van der Waals surface area contributed by atoms with Crippen LogP contribution >= 0.6 is 0 Å². The summed E-state index contributed by atoms with van der Waals surface area (Å²) in [7, 11) is 1.63. The van der Waals surface area contributed by atoms with Crippen LogP contribution in [0.1, 0.15) is 5.56 Å². The van der Waals surface area contributed by atoms with Gasteiger partial charge in [0.05, 0.1) is 19.5 Å². The molecule has 2 aliphatic heterocycles. The number of para-hydroxylation sites is 1. The Labute approximate surface area is 168 Å². The number of allylic oxidation sites excluding steroid dienone is 4. The van der Waals surface area contributed by atoms with Gasteiger partial charge in [-0.25, -0.2) is 0 Å². The zero-order valence-electron chi connectivity index (χ0n) is 15.8. The molecule has 6 nitrogen and oxygen atoms in total. The highest BCUT2D eigenvalue weighted by molar-refractivity contribution is 6.03. The first-order valence-electron chi connectivity index (χ1n) is 9.21. The Kier molecular flexibility index (Phi) is 4.01. The van der Waals surface area contributed by atoms with Gasteiger partial charge in [-0.2, -0.15) is 10.8 Å². The predicted molar refractivity (Wildman–Crippen MR) is 112 cm³/mol. The monoisotopic (exact) mass is 383 g/mol. The van der Waals surface area contributed by atoms with Gasteiger partial charge in [-0.15, -0.1) is 4.59 Å². The minimum Gasteiger partial charge on any atom is -0.496 e. The molecule has 142 valence electrons. The third-order valence-corrected chi connectivity index (χ3v) is 5.01. The van der Waals surface area contributed by atoms with Crippen molar-refractivity contribution in [1.29, 1.82) is 0 Å². The molecule has 2 heterocycles. The second-order valence-electron chi connectivity index (χ2n) is 6.78. The molecule has 29 heavy (non-hydrogen) atoms. The quantitative estimate of drug-likeness (QED) is 0.621. The first-order valence-corrected chi connectivity index (χ1v) is 9.21. The fourth-order valence-electron chi connectivity index (χ4n) is 3.47. The molecule has 6 heteroatoms. The van der Waals surface area contributed by atoms with E-state index in [1.807, 2.05) is 73.0 Å². The van der Waals surface area contributed by atoms with E-state index in [1.54, 1.807) is 19.5 Å². The van der Waals surface area contributed by atoms with Crippen molar-refractivity contribution in [2.75, 3.05) is 7.11 Å². The number of amidine groups is 1. The molecule has 0 bridgehead atoms. The number of nitrogens with zero attached hydrogens (tertiary/aromatic N) is 3. The molecular weight excluding hydrogens is 364 g/mol. The molecule has 0 saturated carbocycles. The van der Waals surface area contributed by atoms with Crippen molar-refractivity contribution in [2.45, 2.75) is 0 Å². The first-order chi connectivity index (χ1) is 14.2. The van der Waals surface area contributed by atoms with Gasteiger partial charge < -0.3 is 9.47 Å². The Morgan fingerprint density at radius 3 is 2.59 bits per heavy atom. The van der Waals surface area contributed by atoms with E-state index in [9.17, 15) is 0 Å². The summed E-state index contributed by atoms with van der Waals surface area (Å²) in [6, 6.07) is 15.3. The Bertz CT molecular complexity index is 1170. The maximum absolute atomic E-state index is 6.77. The van der Waals surface area contributed by atoms with Gasteiger partial charge in [0.1, 0.15) is 34.7 Å². The van der Waals surface area contributed by atoms with E-state index in [2.05, 4.69) is 4.99 Å². The molecule has 0 spiro atoms. The van der Waals surface area contributed by atoms with E-state index in [4.69, 9.17) is 20.3 Å². The molecule has 1 atom stereocenters. The number of fused-ring (bicyclic) bond motifs is 1. The topological polar surface area (TPSA) is 69.2 Å². The van der Waals surface area contributed by atoms with Crippen molar-refractivity contribution in [3.63, 3.8) is 0 Å². The number of rotatable bonds is 5. The molecule has 5 rings (SSSR count). The van der Waals surface area contributed by atoms with Gasteiger partial charge in [0.25, 0.3) is 5.84 Å². The fraction of sp³-hybridized carbons (Fsp3) is 0.0435. The minimum absolute atomic E-state index is 0.0563. The number of benzene rings is 2. The lowest BCUT2D eigenvalue weighted by Crippen LogP contribution is -2.53. The molecule has 1 aliphatic carbocycles. The van der Waals surface area contributed by atoms with E-state index < -0.39 is 0 Å². The standard InChI is InChI=1S/C23H19N4O2/c1-28-21-14-18(29-17-8-3-2-4-9-17)10-11-19(21)23-26-22(16-6-5-7-16)20-15-25-12-13-27(20,23)24/h2-15H,24H2,1H3/q+1. The highest BCUT2D eigenvalue weighted by Crippen LogP contribution is 2.39. The van der Waals surface area contributed by atoms with Crippen molar-refractivity contribution in [3.05, 3.63) is 102 Å². The van der Waals surface area contributed by atoms with E-state index in [-0.39, 0.29) is 4.59 Å². The lowest BCUT2D eigenvalue weighted by Gasteiger charge is -2.27. The fourth-order valence-corrected chi connectivity index (χ4v) is 3.47. The van der Waals surface area contributed by atoms with Crippen molar-refractivity contribution in [2.24, 2.45) is 15.8 Å². The number of hydrogen-bond donors (Lipinski definition) is 1. The Hall–Kier alpha value is -3.74. The maximum atomic E-state index is 6.77. The SMILES string of the molecule is COc1cc(Oc2ccccc2)ccc1C1=NC(C2=CC=C2)=C2C=NC=C[N+]12N. The first kappa shape index (κ1) is 17.4. The van der Waals surface area contributed by atoms with Gasteiger partial charge in [0.2, 0.25) is 5.70 Å². The van der Waals surface area contributed by atoms with Gasteiger partial charge >= 0.3 is 0 Å². The van der Waals surface area contributed by atoms with Crippen molar-refractivity contribution in [3.8, 4) is 17.2 Å². The van der Waals surface area contributed by atoms with E-state index in [0.29, 0.717) is 17.3 Å². The summed E-state index contributed by atoms with van der Waals surface area (Å²) in [4.78, 5) is 9.13. The largest absolute Gasteiger partial charge is 0.496 e. The molecule has 2 aromatic carbocycles. The molecule has 1 unspecified atom stereocenters. The van der Waals surface area contributed by atoms with E-state index in [1.165, 1.54) is 0 Å². The van der Waals surface area contributed by atoms with Crippen LogP contribution < -0.4 is 15.3 Å². The zero-order valence-corrected chi connectivity index (χ0v) is 15.8. The Morgan fingerprint density at radius 1 is 1.03 bits per heavy atom. The van der Waals surface area contributed by atoms with Crippen LogP contribution in [0.25, 0.3) is 0 Å². The summed E-state index contributed by atoms with van der Waals surface area (Å²) in [5, 5.41) is 0. The van der Waals surface area contributed by atoms with Crippen molar-refractivity contribution >= 4 is 12.1 Å². The number of nitrogens with two attached hydrogens (primary N) is 1. The van der Waals surface area contributed by atoms with Gasteiger partial charge in [-0.3, -0.25) is 4.99 Å². The summed E-state index contributed by atoms with van der Waals surface area (Å²) in [5.74, 6) is 9.50. The molecule has 0 saturated heterocycles. The highest BCUT2D eigenvalue weighted by atomic mass is 16.5. The molecular formula is C23H19N4O2+. The van der Waals surface area contributed by atoms with Crippen LogP contribution in [0.2, 0.25) is 0 Å². The molecule has 0 fully saturated rings. The summed E-state index contributed by atoms with van der Waals surface area (Å²) < 4.78 is 11.5. The van der Waals surface area contributed by atoms with Crippen LogP contribution in [0.4, 0.5) is 0 Å². The van der Waals surface area contributed by atoms with Crippen LogP contribution in [-0.4, -0.2) is 23.8 Å². The lowest BCUT2D eigenvalue weighted by molar-refractivity contribution is -0.750. The number of hydrogen-bond acceptors (Lipinski definition) is 5. The minimum atomic E-state index is -0.0563. The average molecular weight is 383 g/mol. The molecule has 3 aliphatic rings. The Morgan fingerprint density at radius 2 is 1.86 bits per heavy atom. The molecule has 2 aromatic rings. The molecule has 0 aromatic heterocycles. The Balaban J connectivity index is 1.55. The van der Waals surface area contributed by atoms with Gasteiger partial charge in [0, 0.05) is 11.6 Å². The van der Waals surface area contributed by atoms with Crippen LogP contribution in [0.15, 0.2) is 106 Å². The highest BCUT2D eigenvalue weighted by Gasteiger charge is 2.45. The predicted octanol–water partition coefficient (Wildman–Crippen LogP) is 4.20. The lowest BCUT2D eigenvalue weighted by atomic mass is 10.0. The summed E-state index contributed by atoms with van der Waals surface area (Å²) in [6.07, 6.45) is 11.3. The van der Waals surface area contributed by atoms with Gasteiger partial charge in [-0.05, 0) is 24.3 Å². The maximum Gasteiger partial charge on any atom is 0.269 e. The number of methoxy groups -OCH3 is 1. The summed E-state index contributed by atoms with van der Waals surface area (Å²) in [6.45, 7) is 0. The van der Waals surface area contributed by atoms with Crippen LogP contribution in [0.3, 0.4) is 0 Å². The summed E-state index contributed by atoms with van der Waals surface area (Å²) in [5.41, 5.74) is 3.48. The zero-order chi connectivity index (χ0) is 19.8. The van der Waals surface area contributed by atoms with Crippen LogP contribution in [0.5, 0.6) is 17.2 Å². The molecule has 0 radical (unpaired) electrons. The second-order valence-corrected chi connectivity index (χ2v) is 6.78. The van der Waals surface area contributed by atoms with Crippen LogP contribution in [0, 0.1) is 0 Å². The van der Waals surface area contributed by atoms with E-state index in [0.717, 1.165) is 28.3 Å². The van der Waals surface area contributed by atoms with Gasteiger partial charge in [-0.1, -0.05) is 36.4 Å². The van der Waals surface area contributed by atoms with Crippen molar-refractivity contribution < 1.29 is 14.1 Å². The molecule has 0 amide bonds. The molecule has 2 N–H and O–H groups in total. The smallest absolute Gasteiger partial charge is 0.269 e. The van der Waals surface area contributed by atoms with Gasteiger partial charge in [0.15, 0.2) is 0 Å². The number of quaternary nitrogens is 1. The average Bonchev–Trinajstić information content (AvgIpc) is 3.00. The van der Waals surface area contributed by atoms with E-state index >= 15 is 0 Å². The third-order valence-electron chi connectivity index (χ3n) is 5.01. The van der Waals surface area contributed by atoms with Crippen LogP contribution in [-0.2, 0) is 0 Å². The second kappa shape index (κ2) is 6.70. The number of ether oxygens (including phenoxy) is 2. The third kappa shape index (κ3) is 2.82. The van der Waals surface area contributed by atoms with Crippen molar-refractivity contribution in [1.82, 2.24) is 0 Å². The summed E-state index contributed by atoms with van der Waals surface area (Å²) >= 11 is 0. The normalized spacial score (nSPS) is 21.4. The number of aliphatic imine (C=N–C) groups is 2.